The Hall–Kier alpha value is -4.00. The molecule has 28 heavy (non-hydrogen) atoms. The van der Waals surface area contributed by atoms with Crippen molar-refractivity contribution in [2.75, 3.05) is 4.90 Å². The predicted octanol–water partition coefficient (Wildman–Crippen LogP) is 2.97. The van der Waals surface area contributed by atoms with Gasteiger partial charge in [0.25, 0.3) is 11.8 Å². The number of nitrogens with zero attached hydrogens (tertiary/aromatic N) is 2. The number of carbonyl (C=O) groups excluding carboxylic acids is 4. The number of hydrogen-bond acceptors (Lipinski definition) is 4. The SMILES string of the molecule is CC(=O)n1cc(C=C2C(=O)NC(=O)N(c3ccccc3)C2=O)c2ccccc21. The molecule has 4 amide bonds. The smallest absolute Gasteiger partial charge is 0.287 e. The van der Waals surface area contributed by atoms with Crippen molar-refractivity contribution in [1.82, 2.24) is 9.88 Å². The number of barbiturate groups is 1. The van der Waals surface area contributed by atoms with Gasteiger partial charge in [-0.3, -0.25) is 24.3 Å². The minimum atomic E-state index is -0.801. The number of imide groups is 2. The Labute approximate surface area is 159 Å². The van der Waals surface area contributed by atoms with Gasteiger partial charge in [0.05, 0.1) is 11.2 Å². The largest absolute Gasteiger partial charge is 0.335 e. The molecule has 1 aliphatic rings. The number of hydrogen-bond donors (Lipinski definition) is 1. The Kier molecular flexibility index (Phi) is 4.12. The average Bonchev–Trinajstić information content (AvgIpc) is 3.05. The van der Waals surface area contributed by atoms with E-state index in [1.54, 1.807) is 60.8 Å². The Morgan fingerprint density at radius 2 is 1.64 bits per heavy atom. The van der Waals surface area contributed by atoms with Crippen molar-refractivity contribution >= 4 is 46.4 Å². The van der Waals surface area contributed by atoms with E-state index in [2.05, 4.69) is 5.32 Å². The number of fused-ring (bicyclic) bond motifs is 1. The molecule has 1 aliphatic heterocycles. The lowest BCUT2D eigenvalue weighted by atomic mass is 10.1. The van der Waals surface area contributed by atoms with Crippen molar-refractivity contribution in [3.8, 4) is 0 Å². The van der Waals surface area contributed by atoms with Crippen LogP contribution >= 0.6 is 0 Å². The lowest BCUT2D eigenvalue weighted by Crippen LogP contribution is -2.54. The molecule has 3 aromatic rings. The lowest BCUT2D eigenvalue weighted by Gasteiger charge is -2.26. The number of para-hydroxylation sites is 2. The molecule has 138 valence electrons. The first-order valence-corrected chi connectivity index (χ1v) is 8.55. The summed E-state index contributed by atoms with van der Waals surface area (Å²) in [4.78, 5) is 50.3. The highest BCUT2D eigenvalue weighted by Crippen LogP contribution is 2.26. The van der Waals surface area contributed by atoms with Gasteiger partial charge < -0.3 is 0 Å². The van der Waals surface area contributed by atoms with Crippen molar-refractivity contribution in [1.29, 1.82) is 0 Å². The zero-order valence-electron chi connectivity index (χ0n) is 14.9. The highest BCUT2D eigenvalue weighted by atomic mass is 16.2. The van der Waals surface area contributed by atoms with Gasteiger partial charge >= 0.3 is 6.03 Å². The molecule has 1 fully saturated rings. The van der Waals surface area contributed by atoms with E-state index in [1.165, 1.54) is 17.6 Å². The summed E-state index contributed by atoms with van der Waals surface area (Å²) in [5.41, 5.74) is 1.37. The van der Waals surface area contributed by atoms with Crippen LogP contribution in [-0.2, 0) is 9.59 Å². The highest BCUT2D eigenvalue weighted by Gasteiger charge is 2.36. The second-order valence-electron chi connectivity index (χ2n) is 6.28. The number of amides is 4. The fourth-order valence-corrected chi connectivity index (χ4v) is 3.21. The summed E-state index contributed by atoms with van der Waals surface area (Å²) in [6.07, 6.45) is 2.98. The summed E-state index contributed by atoms with van der Waals surface area (Å²) in [7, 11) is 0. The summed E-state index contributed by atoms with van der Waals surface area (Å²) in [5, 5.41) is 2.91. The Morgan fingerprint density at radius 1 is 0.964 bits per heavy atom. The van der Waals surface area contributed by atoms with Gasteiger partial charge in [0, 0.05) is 24.1 Å². The van der Waals surface area contributed by atoms with Gasteiger partial charge in [0.1, 0.15) is 5.57 Å². The third-order valence-electron chi connectivity index (χ3n) is 4.50. The van der Waals surface area contributed by atoms with E-state index in [0.717, 1.165) is 4.90 Å². The molecule has 0 aliphatic carbocycles. The molecule has 4 rings (SSSR count). The van der Waals surface area contributed by atoms with Gasteiger partial charge in [-0.15, -0.1) is 0 Å². The molecule has 0 saturated carbocycles. The number of carbonyl (C=O) groups is 4. The maximum Gasteiger partial charge on any atom is 0.335 e. The fourth-order valence-electron chi connectivity index (χ4n) is 3.21. The van der Waals surface area contributed by atoms with Crippen molar-refractivity contribution in [3.63, 3.8) is 0 Å². The van der Waals surface area contributed by atoms with Crippen LogP contribution in [0.5, 0.6) is 0 Å². The summed E-state index contributed by atoms with van der Waals surface area (Å²) < 4.78 is 1.45. The monoisotopic (exact) mass is 373 g/mol. The van der Waals surface area contributed by atoms with E-state index >= 15 is 0 Å². The summed E-state index contributed by atoms with van der Waals surface area (Å²) in [6.45, 7) is 1.43. The summed E-state index contributed by atoms with van der Waals surface area (Å²) >= 11 is 0. The minimum absolute atomic E-state index is 0.185. The van der Waals surface area contributed by atoms with Gasteiger partial charge in [-0.05, 0) is 24.3 Å². The molecule has 0 bridgehead atoms. The Morgan fingerprint density at radius 3 is 2.36 bits per heavy atom. The standard InChI is InChI=1S/C21H15N3O4/c1-13(25)23-12-14(16-9-5-6-10-18(16)23)11-17-19(26)22-21(28)24(20(17)27)15-7-3-2-4-8-15/h2-12H,1H3,(H,22,26,28). The highest BCUT2D eigenvalue weighted by molar-refractivity contribution is 6.39. The number of anilines is 1. The molecule has 0 atom stereocenters. The van der Waals surface area contributed by atoms with Crippen LogP contribution in [0.1, 0.15) is 17.3 Å². The topological polar surface area (TPSA) is 88.5 Å². The molecule has 0 unspecified atom stereocenters. The number of urea groups is 1. The van der Waals surface area contributed by atoms with E-state index in [0.29, 0.717) is 22.2 Å². The quantitative estimate of drug-likeness (QED) is 0.552. The van der Waals surface area contributed by atoms with Crippen molar-refractivity contribution in [3.05, 3.63) is 71.9 Å². The average molecular weight is 373 g/mol. The van der Waals surface area contributed by atoms with E-state index in [1.807, 2.05) is 0 Å². The summed E-state index contributed by atoms with van der Waals surface area (Å²) in [5.74, 6) is -1.69. The van der Waals surface area contributed by atoms with Crippen LogP contribution in [-0.4, -0.2) is 28.3 Å². The zero-order chi connectivity index (χ0) is 19.8. The molecular formula is C21H15N3O4. The first-order chi connectivity index (χ1) is 13.5. The first-order valence-electron chi connectivity index (χ1n) is 8.55. The molecular weight excluding hydrogens is 358 g/mol. The van der Waals surface area contributed by atoms with Gasteiger partial charge in [-0.1, -0.05) is 36.4 Å². The molecule has 1 saturated heterocycles. The molecule has 0 radical (unpaired) electrons. The number of benzene rings is 2. The van der Waals surface area contributed by atoms with Crippen LogP contribution in [0.4, 0.5) is 10.5 Å². The lowest BCUT2D eigenvalue weighted by molar-refractivity contribution is -0.122. The third kappa shape index (κ3) is 2.79. The second-order valence-corrected chi connectivity index (χ2v) is 6.28. The van der Waals surface area contributed by atoms with E-state index < -0.39 is 17.8 Å². The number of rotatable bonds is 2. The van der Waals surface area contributed by atoms with Crippen LogP contribution in [0.25, 0.3) is 17.0 Å². The normalized spacial score (nSPS) is 16.0. The van der Waals surface area contributed by atoms with E-state index in [-0.39, 0.29) is 11.5 Å². The van der Waals surface area contributed by atoms with E-state index in [4.69, 9.17) is 0 Å². The molecule has 0 spiro atoms. The molecule has 2 heterocycles. The number of aromatic nitrogens is 1. The maximum absolute atomic E-state index is 12.9. The van der Waals surface area contributed by atoms with Crippen molar-refractivity contribution < 1.29 is 19.2 Å². The van der Waals surface area contributed by atoms with Crippen LogP contribution in [0.15, 0.2) is 66.4 Å². The van der Waals surface area contributed by atoms with Crippen molar-refractivity contribution in [2.45, 2.75) is 6.92 Å². The van der Waals surface area contributed by atoms with Crippen LogP contribution < -0.4 is 10.2 Å². The van der Waals surface area contributed by atoms with Gasteiger partial charge in [-0.2, -0.15) is 0 Å². The van der Waals surface area contributed by atoms with Crippen LogP contribution in [0, 0.1) is 0 Å². The first kappa shape index (κ1) is 17.4. The molecule has 1 aromatic heterocycles. The van der Waals surface area contributed by atoms with Gasteiger partial charge in [0.15, 0.2) is 0 Å². The Balaban J connectivity index is 1.84. The van der Waals surface area contributed by atoms with Gasteiger partial charge in [-0.25, -0.2) is 9.69 Å². The predicted molar refractivity (Wildman–Crippen MR) is 104 cm³/mol. The molecule has 2 aromatic carbocycles. The fraction of sp³-hybridized carbons (Fsp3) is 0.0476. The number of nitrogens with one attached hydrogen (secondary N) is 1. The molecule has 7 heteroatoms. The van der Waals surface area contributed by atoms with Crippen molar-refractivity contribution in [2.24, 2.45) is 0 Å². The minimum Gasteiger partial charge on any atom is -0.287 e. The van der Waals surface area contributed by atoms with E-state index in [9.17, 15) is 19.2 Å². The molecule has 7 nitrogen and oxygen atoms in total. The Bertz CT molecular complexity index is 1170. The molecule has 1 N–H and O–H groups in total. The van der Waals surface area contributed by atoms with Crippen LogP contribution in [0.2, 0.25) is 0 Å². The second kappa shape index (κ2) is 6.62. The third-order valence-corrected chi connectivity index (χ3v) is 4.50. The summed E-state index contributed by atoms with van der Waals surface area (Å²) in [6, 6.07) is 14.7. The zero-order valence-corrected chi connectivity index (χ0v) is 14.9. The van der Waals surface area contributed by atoms with Crippen LogP contribution in [0.3, 0.4) is 0 Å². The van der Waals surface area contributed by atoms with Gasteiger partial charge in [0.2, 0.25) is 5.91 Å². The maximum atomic E-state index is 12.9.